The molecule has 0 amide bonds. The molecule has 0 bridgehead atoms. The SMILES string of the molecule is COc1ccc(C(=O)OCC(=O)c2[nH]c(C)c(C(C)=O)c2C)cc1S(=O)(=O)N1CCCC1. The van der Waals surface area contributed by atoms with Crippen molar-refractivity contribution in [2.45, 2.75) is 38.5 Å². The largest absolute Gasteiger partial charge is 0.495 e. The Bertz CT molecular complexity index is 1180. The molecular weight excluding hydrogens is 436 g/mol. The Balaban J connectivity index is 1.79. The molecule has 0 saturated carbocycles. The minimum atomic E-state index is -3.83. The molecule has 0 radical (unpaired) electrons. The van der Waals surface area contributed by atoms with E-state index in [9.17, 15) is 22.8 Å². The molecule has 0 atom stereocenters. The average Bonchev–Trinajstić information content (AvgIpc) is 3.39. The van der Waals surface area contributed by atoms with Crippen LogP contribution in [-0.2, 0) is 14.8 Å². The lowest BCUT2D eigenvalue weighted by molar-refractivity contribution is 0.0473. The Morgan fingerprint density at radius 2 is 1.78 bits per heavy atom. The average molecular weight is 463 g/mol. The van der Waals surface area contributed by atoms with E-state index in [4.69, 9.17) is 9.47 Å². The van der Waals surface area contributed by atoms with Gasteiger partial charge in [-0.1, -0.05) is 0 Å². The van der Waals surface area contributed by atoms with E-state index in [2.05, 4.69) is 4.98 Å². The van der Waals surface area contributed by atoms with Crippen LogP contribution in [0.2, 0.25) is 0 Å². The van der Waals surface area contributed by atoms with Gasteiger partial charge in [0.05, 0.1) is 18.4 Å². The molecular formula is C22H26N2O7S. The number of nitrogens with zero attached hydrogens (tertiary/aromatic N) is 1. The predicted octanol–water partition coefficient (Wildman–Crippen LogP) is 2.67. The van der Waals surface area contributed by atoms with Crippen molar-refractivity contribution in [1.29, 1.82) is 0 Å². The van der Waals surface area contributed by atoms with Gasteiger partial charge in [-0.15, -0.1) is 0 Å². The van der Waals surface area contributed by atoms with Crippen LogP contribution in [-0.4, -0.2) is 62.0 Å². The predicted molar refractivity (Wildman–Crippen MR) is 116 cm³/mol. The van der Waals surface area contributed by atoms with Gasteiger partial charge in [-0.05, 0) is 57.4 Å². The molecule has 2 heterocycles. The monoisotopic (exact) mass is 462 g/mol. The number of benzene rings is 1. The van der Waals surface area contributed by atoms with Gasteiger partial charge in [-0.2, -0.15) is 4.31 Å². The zero-order valence-electron chi connectivity index (χ0n) is 18.5. The van der Waals surface area contributed by atoms with Crippen LogP contribution in [0.5, 0.6) is 5.75 Å². The van der Waals surface area contributed by atoms with Crippen LogP contribution in [0.15, 0.2) is 23.1 Å². The van der Waals surface area contributed by atoms with Crippen molar-refractivity contribution in [3.8, 4) is 5.75 Å². The Kier molecular flexibility index (Phi) is 6.85. The highest BCUT2D eigenvalue weighted by Crippen LogP contribution is 2.30. The van der Waals surface area contributed by atoms with Crippen LogP contribution in [0.4, 0.5) is 0 Å². The van der Waals surface area contributed by atoms with Crippen LogP contribution in [0, 0.1) is 13.8 Å². The number of carbonyl (C=O) groups excluding carboxylic acids is 3. The highest BCUT2D eigenvalue weighted by atomic mass is 32.2. The van der Waals surface area contributed by atoms with Crippen molar-refractivity contribution in [2.24, 2.45) is 0 Å². The first kappa shape index (κ1) is 23.7. The molecule has 3 rings (SSSR count). The fourth-order valence-corrected chi connectivity index (χ4v) is 5.61. The summed E-state index contributed by atoms with van der Waals surface area (Å²) in [5.74, 6) is -1.38. The fourth-order valence-electron chi connectivity index (χ4n) is 3.92. The summed E-state index contributed by atoms with van der Waals surface area (Å²) in [6, 6.07) is 3.97. The summed E-state index contributed by atoms with van der Waals surface area (Å²) in [5.41, 5.74) is 1.69. The van der Waals surface area contributed by atoms with Crippen LogP contribution in [0.1, 0.15) is 62.2 Å². The third-order valence-corrected chi connectivity index (χ3v) is 7.40. The first-order valence-electron chi connectivity index (χ1n) is 10.2. The topological polar surface area (TPSA) is 123 Å². The van der Waals surface area contributed by atoms with Crippen molar-refractivity contribution >= 4 is 27.6 Å². The molecule has 1 aromatic heterocycles. The minimum Gasteiger partial charge on any atom is -0.495 e. The summed E-state index contributed by atoms with van der Waals surface area (Å²) in [4.78, 5) is 39.6. The zero-order chi connectivity index (χ0) is 23.6. The lowest BCUT2D eigenvalue weighted by Gasteiger charge is -2.18. The van der Waals surface area contributed by atoms with Gasteiger partial charge < -0.3 is 14.5 Å². The second kappa shape index (κ2) is 9.25. The van der Waals surface area contributed by atoms with Crippen LogP contribution in [0.3, 0.4) is 0 Å². The number of sulfonamides is 1. The van der Waals surface area contributed by atoms with Gasteiger partial charge in [0.25, 0.3) is 0 Å². The molecule has 1 aliphatic rings. The lowest BCUT2D eigenvalue weighted by atomic mass is 10.1. The zero-order valence-corrected chi connectivity index (χ0v) is 19.3. The number of carbonyl (C=O) groups is 3. The van der Waals surface area contributed by atoms with Crippen molar-refractivity contribution < 1.29 is 32.3 Å². The van der Waals surface area contributed by atoms with Crippen LogP contribution in [0.25, 0.3) is 0 Å². The van der Waals surface area contributed by atoms with E-state index in [1.807, 2.05) is 0 Å². The molecule has 1 aromatic carbocycles. The van der Waals surface area contributed by atoms with Crippen LogP contribution < -0.4 is 4.74 Å². The number of rotatable bonds is 8. The first-order chi connectivity index (χ1) is 15.1. The molecule has 1 saturated heterocycles. The third-order valence-electron chi connectivity index (χ3n) is 5.48. The second-order valence-electron chi connectivity index (χ2n) is 7.66. The summed E-state index contributed by atoms with van der Waals surface area (Å²) in [6.07, 6.45) is 1.54. The molecule has 1 fully saturated rings. The number of Topliss-reactive ketones (excluding diaryl/α,β-unsaturated/α-hetero) is 2. The van der Waals surface area contributed by atoms with E-state index < -0.39 is 28.4 Å². The lowest BCUT2D eigenvalue weighted by Crippen LogP contribution is -2.28. The summed E-state index contributed by atoms with van der Waals surface area (Å²) in [6.45, 7) is 5.00. The summed E-state index contributed by atoms with van der Waals surface area (Å²) >= 11 is 0. The van der Waals surface area contributed by atoms with Crippen molar-refractivity contribution in [1.82, 2.24) is 9.29 Å². The number of aryl methyl sites for hydroxylation is 1. The standard InChI is InChI=1S/C22H26N2O7S/c1-13-20(15(3)25)14(2)23-21(13)17(26)12-31-22(27)16-7-8-18(30-4)19(11-16)32(28,29)24-9-5-6-10-24/h7-8,11,23H,5-6,9-10,12H2,1-4H3. The van der Waals surface area contributed by atoms with Gasteiger partial charge >= 0.3 is 5.97 Å². The number of nitrogens with one attached hydrogen (secondary N) is 1. The van der Waals surface area contributed by atoms with Crippen LogP contribution >= 0.6 is 0 Å². The Morgan fingerprint density at radius 3 is 2.34 bits per heavy atom. The maximum atomic E-state index is 13.0. The Labute approximate surface area is 186 Å². The van der Waals surface area contributed by atoms with E-state index in [0.717, 1.165) is 12.8 Å². The smallest absolute Gasteiger partial charge is 0.338 e. The van der Waals surface area contributed by atoms with E-state index in [-0.39, 0.29) is 27.7 Å². The minimum absolute atomic E-state index is 0.0137. The van der Waals surface area contributed by atoms with Gasteiger partial charge in [0, 0.05) is 24.3 Å². The summed E-state index contributed by atoms with van der Waals surface area (Å²) in [5, 5.41) is 0. The van der Waals surface area contributed by atoms with Gasteiger partial charge in [0.2, 0.25) is 15.8 Å². The molecule has 2 aromatic rings. The number of methoxy groups -OCH3 is 1. The molecule has 1 aliphatic heterocycles. The number of ketones is 2. The van der Waals surface area contributed by atoms with E-state index >= 15 is 0 Å². The first-order valence-corrected chi connectivity index (χ1v) is 11.6. The maximum Gasteiger partial charge on any atom is 0.338 e. The molecule has 9 nitrogen and oxygen atoms in total. The quantitative estimate of drug-likeness (QED) is 0.473. The molecule has 0 unspecified atom stereocenters. The molecule has 32 heavy (non-hydrogen) atoms. The van der Waals surface area contributed by atoms with Gasteiger partial charge in [0.1, 0.15) is 10.6 Å². The van der Waals surface area contributed by atoms with Crippen molar-refractivity contribution in [2.75, 3.05) is 26.8 Å². The van der Waals surface area contributed by atoms with E-state index in [0.29, 0.717) is 29.9 Å². The normalized spacial score (nSPS) is 14.4. The Hall–Kier alpha value is -2.98. The number of esters is 1. The van der Waals surface area contributed by atoms with Crippen molar-refractivity contribution in [3.63, 3.8) is 0 Å². The van der Waals surface area contributed by atoms with Gasteiger partial charge in [0.15, 0.2) is 12.4 Å². The molecule has 0 aliphatic carbocycles. The van der Waals surface area contributed by atoms with E-state index in [1.54, 1.807) is 13.8 Å². The number of aromatic amines is 1. The highest BCUT2D eigenvalue weighted by molar-refractivity contribution is 7.89. The Morgan fingerprint density at radius 1 is 1.12 bits per heavy atom. The number of H-pyrrole nitrogens is 1. The summed E-state index contributed by atoms with van der Waals surface area (Å²) < 4.78 is 37.6. The molecule has 172 valence electrons. The number of aromatic nitrogens is 1. The molecule has 0 spiro atoms. The fraction of sp³-hybridized carbons (Fsp3) is 0.409. The molecule has 10 heteroatoms. The summed E-state index contributed by atoms with van der Waals surface area (Å²) in [7, 11) is -2.48. The number of ether oxygens (including phenoxy) is 2. The van der Waals surface area contributed by atoms with Gasteiger partial charge in [-0.3, -0.25) is 9.59 Å². The number of hydrogen-bond acceptors (Lipinski definition) is 7. The molecule has 1 N–H and O–H groups in total. The number of hydrogen-bond donors (Lipinski definition) is 1. The second-order valence-corrected chi connectivity index (χ2v) is 9.56. The van der Waals surface area contributed by atoms with Gasteiger partial charge in [-0.25, -0.2) is 13.2 Å². The van der Waals surface area contributed by atoms with Crippen molar-refractivity contribution in [3.05, 3.63) is 46.3 Å². The third kappa shape index (κ3) is 4.46. The highest BCUT2D eigenvalue weighted by Gasteiger charge is 2.31. The maximum absolute atomic E-state index is 13.0. The van der Waals surface area contributed by atoms with E-state index in [1.165, 1.54) is 36.5 Å².